The molecule has 1 aliphatic rings. The number of nitrogens with zero attached hydrogens (tertiary/aromatic N) is 2. The minimum Gasteiger partial charge on any atom is -0.474 e. The van der Waals surface area contributed by atoms with E-state index in [1.54, 1.807) is 0 Å². The molecule has 2 rings (SSSR count). The molecular formula is C13H20BrN3O2. The number of rotatable bonds is 6. The molecule has 2 heterocycles. The summed E-state index contributed by atoms with van der Waals surface area (Å²) in [7, 11) is 0. The lowest BCUT2D eigenvalue weighted by molar-refractivity contribution is -0.0121. The van der Waals surface area contributed by atoms with Gasteiger partial charge in [0.1, 0.15) is 23.2 Å². The van der Waals surface area contributed by atoms with Gasteiger partial charge in [-0.1, -0.05) is 6.92 Å². The Balaban J connectivity index is 1.91. The lowest BCUT2D eigenvalue weighted by Gasteiger charge is -2.22. The van der Waals surface area contributed by atoms with Crippen molar-refractivity contribution < 1.29 is 9.47 Å². The maximum absolute atomic E-state index is 5.73. The van der Waals surface area contributed by atoms with Crippen LogP contribution >= 0.6 is 15.9 Å². The average Bonchev–Trinajstić information content (AvgIpc) is 2.46. The molecule has 1 saturated heterocycles. The summed E-state index contributed by atoms with van der Waals surface area (Å²) in [4.78, 5) is 8.35. The molecule has 0 radical (unpaired) electrons. The van der Waals surface area contributed by atoms with Gasteiger partial charge in [0.2, 0.25) is 5.88 Å². The Bertz CT molecular complexity index is 397. The van der Waals surface area contributed by atoms with Crippen molar-refractivity contribution in [2.45, 2.75) is 38.7 Å². The van der Waals surface area contributed by atoms with Crippen molar-refractivity contribution in [2.75, 3.05) is 25.1 Å². The van der Waals surface area contributed by atoms with Gasteiger partial charge in [-0.3, -0.25) is 0 Å². The maximum atomic E-state index is 5.73. The average molecular weight is 330 g/mol. The molecule has 1 aliphatic heterocycles. The first-order valence-electron chi connectivity index (χ1n) is 6.80. The highest BCUT2D eigenvalue weighted by Gasteiger charge is 2.16. The van der Waals surface area contributed by atoms with Gasteiger partial charge in [0, 0.05) is 13.2 Å². The van der Waals surface area contributed by atoms with E-state index in [1.807, 2.05) is 0 Å². The third-order valence-electron chi connectivity index (χ3n) is 2.98. The third kappa shape index (κ3) is 4.31. The molecule has 0 aromatic carbocycles. The Morgan fingerprint density at radius 1 is 1.47 bits per heavy atom. The van der Waals surface area contributed by atoms with Gasteiger partial charge in [0.25, 0.3) is 0 Å². The molecule has 1 N–H and O–H groups in total. The lowest BCUT2D eigenvalue weighted by Crippen LogP contribution is -2.26. The van der Waals surface area contributed by atoms with E-state index in [4.69, 9.17) is 9.47 Å². The minimum absolute atomic E-state index is 0.183. The topological polar surface area (TPSA) is 56.3 Å². The van der Waals surface area contributed by atoms with E-state index < -0.39 is 0 Å². The molecule has 5 nitrogen and oxygen atoms in total. The van der Waals surface area contributed by atoms with Crippen molar-refractivity contribution in [1.29, 1.82) is 0 Å². The highest BCUT2D eigenvalue weighted by molar-refractivity contribution is 9.10. The fraction of sp³-hybridized carbons (Fsp3) is 0.692. The first-order chi connectivity index (χ1) is 9.31. The molecule has 1 unspecified atom stereocenters. The van der Waals surface area contributed by atoms with Crippen molar-refractivity contribution in [2.24, 2.45) is 0 Å². The molecule has 1 aromatic heterocycles. The van der Waals surface area contributed by atoms with Crippen LogP contribution in [0.2, 0.25) is 0 Å². The molecule has 19 heavy (non-hydrogen) atoms. The van der Waals surface area contributed by atoms with Gasteiger partial charge in [-0.2, -0.15) is 0 Å². The van der Waals surface area contributed by atoms with Gasteiger partial charge in [0.15, 0.2) is 0 Å². The Morgan fingerprint density at radius 2 is 2.37 bits per heavy atom. The molecule has 0 spiro atoms. The summed E-state index contributed by atoms with van der Waals surface area (Å²) in [5.41, 5.74) is 0. The molecular weight excluding hydrogens is 310 g/mol. The van der Waals surface area contributed by atoms with E-state index in [-0.39, 0.29) is 6.10 Å². The summed E-state index contributed by atoms with van der Waals surface area (Å²) < 4.78 is 12.1. The zero-order valence-electron chi connectivity index (χ0n) is 11.2. The summed E-state index contributed by atoms with van der Waals surface area (Å²) in [6.45, 7) is 4.37. The molecule has 1 atom stereocenters. The second-order valence-corrected chi connectivity index (χ2v) is 5.36. The van der Waals surface area contributed by atoms with Gasteiger partial charge in [-0.15, -0.1) is 0 Å². The van der Waals surface area contributed by atoms with Crippen molar-refractivity contribution in [3.63, 3.8) is 0 Å². The number of aromatic nitrogens is 2. The van der Waals surface area contributed by atoms with Crippen LogP contribution in [0.3, 0.4) is 0 Å². The fourth-order valence-corrected chi connectivity index (χ4v) is 2.39. The zero-order valence-corrected chi connectivity index (χ0v) is 12.8. The Kier molecular flexibility index (Phi) is 5.85. The largest absolute Gasteiger partial charge is 0.474 e. The molecule has 1 fully saturated rings. The van der Waals surface area contributed by atoms with Gasteiger partial charge >= 0.3 is 0 Å². The summed E-state index contributed by atoms with van der Waals surface area (Å²) in [6, 6.07) is 0. The molecule has 0 bridgehead atoms. The summed E-state index contributed by atoms with van der Waals surface area (Å²) in [5.74, 6) is 1.35. The number of anilines is 1. The predicted molar refractivity (Wildman–Crippen MR) is 77.6 cm³/mol. The van der Waals surface area contributed by atoms with Crippen molar-refractivity contribution in [3.8, 4) is 5.88 Å². The number of ether oxygens (including phenoxy) is 2. The number of nitrogens with one attached hydrogen (secondary N) is 1. The van der Waals surface area contributed by atoms with E-state index in [0.717, 1.165) is 42.7 Å². The Morgan fingerprint density at radius 3 is 3.11 bits per heavy atom. The van der Waals surface area contributed by atoms with Crippen LogP contribution in [-0.4, -0.2) is 35.8 Å². The van der Waals surface area contributed by atoms with Gasteiger partial charge in [-0.05, 0) is 41.6 Å². The van der Waals surface area contributed by atoms with Crippen LogP contribution in [0, 0.1) is 0 Å². The standard InChI is InChI=1S/C13H20BrN3O2/c1-2-6-15-12-11(14)13(17-9-16-12)19-8-10-5-3-4-7-18-10/h9-10H,2-8H2,1H3,(H,15,16,17). The van der Waals surface area contributed by atoms with E-state index in [2.05, 4.69) is 38.1 Å². The molecule has 1 aromatic rings. The Labute approximate surface area is 122 Å². The van der Waals surface area contributed by atoms with Crippen LogP contribution in [-0.2, 0) is 4.74 Å². The summed E-state index contributed by atoms with van der Waals surface area (Å²) in [6.07, 6.45) is 6.16. The van der Waals surface area contributed by atoms with Crippen LogP contribution in [0.4, 0.5) is 5.82 Å². The third-order valence-corrected chi connectivity index (χ3v) is 3.69. The second kappa shape index (κ2) is 7.65. The monoisotopic (exact) mass is 329 g/mol. The second-order valence-electron chi connectivity index (χ2n) is 4.57. The molecule has 0 saturated carbocycles. The number of hydrogen-bond donors (Lipinski definition) is 1. The Hall–Kier alpha value is -0.880. The van der Waals surface area contributed by atoms with Gasteiger partial charge in [-0.25, -0.2) is 9.97 Å². The molecule has 0 amide bonds. The van der Waals surface area contributed by atoms with Crippen molar-refractivity contribution in [3.05, 3.63) is 10.8 Å². The smallest absolute Gasteiger partial charge is 0.233 e. The van der Waals surface area contributed by atoms with Crippen LogP contribution in [0.1, 0.15) is 32.6 Å². The lowest BCUT2D eigenvalue weighted by atomic mass is 10.1. The van der Waals surface area contributed by atoms with Gasteiger partial charge in [0.05, 0.1) is 6.10 Å². The van der Waals surface area contributed by atoms with Crippen molar-refractivity contribution in [1.82, 2.24) is 9.97 Å². The van der Waals surface area contributed by atoms with Crippen LogP contribution < -0.4 is 10.1 Å². The number of hydrogen-bond acceptors (Lipinski definition) is 5. The molecule has 6 heteroatoms. The SMILES string of the molecule is CCCNc1ncnc(OCC2CCCCO2)c1Br. The fourth-order valence-electron chi connectivity index (χ4n) is 1.93. The van der Waals surface area contributed by atoms with E-state index >= 15 is 0 Å². The quantitative estimate of drug-likeness (QED) is 0.869. The zero-order chi connectivity index (χ0) is 13.5. The van der Waals surface area contributed by atoms with Crippen LogP contribution in [0.25, 0.3) is 0 Å². The molecule has 0 aliphatic carbocycles. The number of halogens is 1. The normalized spacial score (nSPS) is 19.2. The van der Waals surface area contributed by atoms with Crippen LogP contribution in [0.15, 0.2) is 10.8 Å². The minimum atomic E-state index is 0.183. The summed E-state index contributed by atoms with van der Waals surface area (Å²) >= 11 is 3.48. The van der Waals surface area contributed by atoms with E-state index in [0.29, 0.717) is 12.5 Å². The van der Waals surface area contributed by atoms with Gasteiger partial charge < -0.3 is 14.8 Å². The maximum Gasteiger partial charge on any atom is 0.233 e. The summed E-state index contributed by atoms with van der Waals surface area (Å²) in [5, 5.41) is 3.23. The highest BCUT2D eigenvalue weighted by atomic mass is 79.9. The van der Waals surface area contributed by atoms with Crippen molar-refractivity contribution >= 4 is 21.7 Å². The predicted octanol–water partition coefficient (Wildman–Crippen LogP) is 3.01. The first-order valence-corrected chi connectivity index (χ1v) is 7.59. The highest BCUT2D eigenvalue weighted by Crippen LogP contribution is 2.28. The van der Waals surface area contributed by atoms with Crippen LogP contribution in [0.5, 0.6) is 5.88 Å². The first kappa shape index (κ1) is 14.5. The molecule has 106 valence electrons. The van der Waals surface area contributed by atoms with E-state index in [9.17, 15) is 0 Å². The van der Waals surface area contributed by atoms with E-state index in [1.165, 1.54) is 12.7 Å².